The highest BCUT2D eigenvalue weighted by Crippen LogP contribution is 2.32. The second-order valence-corrected chi connectivity index (χ2v) is 9.19. The molecule has 0 N–H and O–H groups in total. The summed E-state index contributed by atoms with van der Waals surface area (Å²) >= 11 is 0. The van der Waals surface area contributed by atoms with E-state index in [1.165, 1.54) is 0 Å². The lowest BCUT2D eigenvalue weighted by atomic mass is 10.0. The van der Waals surface area contributed by atoms with E-state index in [0.717, 1.165) is 11.3 Å². The van der Waals surface area contributed by atoms with Crippen LogP contribution in [0.1, 0.15) is 34.7 Å². The van der Waals surface area contributed by atoms with Crippen molar-refractivity contribution in [2.75, 3.05) is 27.3 Å². The van der Waals surface area contributed by atoms with E-state index < -0.39 is 0 Å². The van der Waals surface area contributed by atoms with Crippen LogP contribution in [0, 0.1) is 0 Å². The molecule has 0 bridgehead atoms. The van der Waals surface area contributed by atoms with Gasteiger partial charge in [-0.25, -0.2) is 9.50 Å². The number of rotatable bonds is 5. The van der Waals surface area contributed by atoms with Gasteiger partial charge in [0.1, 0.15) is 0 Å². The fourth-order valence-electron chi connectivity index (χ4n) is 4.99. The summed E-state index contributed by atoms with van der Waals surface area (Å²) in [4.78, 5) is 34.7. The van der Waals surface area contributed by atoms with Gasteiger partial charge in [-0.3, -0.25) is 9.59 Å². The number of fused-ring (bicyclic) bond motifs is 1. The van der Waals surface area contributed by atoms with E-state index in [2.05, 4.69) is 10.1 Å². The number of carbonyl (C=O) groups is 2. The van der Waals surface area contributed by atoms with Crippen LogP contribution >= 0.6 is 0 Å². The van der Waals surface area contributed by atoms with Crippen LogP contribution in [0.15, 0.2) is 66.9 Å². The van der Waals surface area contributed by atoms with E-state index >= 15 is 0 Å². The van der Waals surface area contributed by atoms with Crippen molar-refractivity contribution in [3.05, 3.63) is 78.1 Å². The van der Waals surface area contributed by atoms with E-state index in [0.29, 0.717) is 41.5 Å². The monoisotopic (exact) mass is 499 g/mol. The number of ether oxygens (including phenoxy) is 2. The number of amides is 2. The predicted molar refractivity (Wildman–Crippen MR) is 139 cm³/mol. The van der Waals surface area contributed by atoms with Gasteiger partial charge < -0.3 is 19.3 Å². The summed E-state index contributed by atoms with van der Waals surface area (Å²) in [5.41, 5.74) is 3.14. The third kappa shape index (κ3) is 4.48. The number of nitrogens with zero attached hydrogens (tertiary/aromatic N) is 5. The molecule has 0 aliphatic carbocycles. The second-order valence-electron chi connectivity index (χ2n) is 9.19. The van der Waals surface area contributed by atoms with Crippen molar-refractivity contribution >= 4 is 17.5 Å². The van der Waals surface area contributed by atoms with Crippen molar-refractivity contribution in [3.8, 4) is 22.8 Å². The van der Waals surface area contributed by atoms with Crippen LogP contribution in [0.5, 0.6) is 11.5 Å². The summed E-state index contributed by atoms with van der Waals surface area (Å²) in [7, 11) is 3.18. The molecule has 9 nitrogen and oxygen atoms in total. The maximum absolute atomic E-state index is 13.5. The number of hydrogen-bond donors (Lipinski definition) is 0. The van der Waals surface area contributed by atoms with Crippen molar-refractivity contribution in [1.82, 2.24) is 24.4 Å². The van der Waals surface area contributed by atoms with Crippen molar-refractivity contribution in [2.24, 2.45) is 0 Å². The Hall–Kier alpha value is -4.40. The molecule has 0 radical (unpaired) electrons. The Kier molecular flexibility index (Phi) is 6.52. The molecule has 5 rings (SSSR count). The lowest BCUT2D eigenvalue weighted by molar-refractivity contribution is 0.0252. The van der Waals surface area contributed by atoms with E-state index in [9.17, 15) is 9.59 Å². The van der Waals surface area contributed by atoms with E-state index in [1.807, 2.05) is 73.3 Å². The maximum atomic E-state index is 13.5. The number of carbonyl (C=O) groups excluding carboxylic acids is 2. The Labute approximate surface area is 215 Å². The minimum absolute atomic E-state index is 0.0239. The van der Waals surface area contributed by atoms with Crippen LogP contribution in [0.3, 0.4) is 0 Å². The maximum Gasteiger partial charge on any atom is 0.274 e. The standard InChI is InChI=1S/C28H29N5O4/c1-18-16-31(17-19(2)32(18)27(34)20-8-6-5-7-9-20)28(35)22-15-26-29-13-12-23(33(26)30-22)21-10-11-24(36-3)25(14-21)37-4/h5-15,18-19H,16-17H2,1-4H3/t18-,19+. The molecular weight excluding hydrogens is 470 g/mol. The largest absolute Gasteiger partial charge is 0.493 e. The molecule has 1 fully saturated rings. The van der Waals surface area contributed by atoms with Crippen LogP contribution < -0.4 is 9.47 Å². The van der Waals surface area contributed by atoms with Crippen LogP contribution in [0.4, 0.5) is 0 Å². The molecule has 9 heteroatoms. The fourth-order valence-corrected chi connectivity index (χ4v) is 4.99. The van der Waals surface area contributed by atoms with Gasteiger partial charge in [-0.1, -0.05) is 18.2 Å². The van der Waals surface area contributed by atoms with Gasteiger partial charge in [-0.2, -0.15) is 5.10 Å². The van der Waals surface area contributed by atoms with Crippen molar-refractivity contribution in [1.29, 1.82) is 0 Å². The Morgan fingerprint density at radius 1 is 0.865 bits per heavy atom. The second kappa shape index (κ2) is 9.93. The van der Waals surface area contributed by atoms with Gasteiger partial charge >= 0.3 is 0 Å². The molecule has 190 valence electrons. The van der Waals surface area contributed by atoms with Crippen LogP contribution in [-0.4, -0.2) is 75.6 Å². The summed E-state index contributed by atoms with van der Waals surface area (Å²) in [6.45, 7) is 4.78. The molecule has 0 spiro atoms. The zero-order valence-electron chi connectivity index (χ0n) is 21.3. The molecule has 37 heavy (non-hydrogen) atoms. The molecular formula is C28H29N5O4. The summed E-state index contributed by atoms with van der Waals surface area (Å²) in [5, 5.41) is 4.62. The molecule has 2 atom stereocenters. The lowest BCUT2D eigenvalue weighted by Gasteiger charge is -2.44. The fraction of sp³-hybridized carbons (Fsp3) is 0.286. The Balaban J connectivity index is 1.40. The molecule has 0 saturated carbocycles. The Morgan fingerprint density at radius 3 is 2.24 bits per heavy atom. The molecule has 2 aromatic carbocycles. The summed E-state index contributed by atoms with van der Waals surface area (Å²) in [6.07, 6.45) is 1.69. The molecule has 1 aliphatic rings. The third-order valence-corrected chi connectivity index (χ3v) is 6.72. The summed E-state index contributed by atoms with van der Waals surface area (Å²) in [5.74, 6) is 1.01. The average Bonchev–Trinajstić information content (AvgIpc) is 3.36. The summed E-state index contributed by atoms with van der Waals surface area (Å²) in [6, 6.07) is 18.1. The molecule has 4 aromatic rings. The van der Waals surface area contributed by atoms with Gasteiger partial charge in [0.2, 0.25) is 0 Å². The van der Waals surface area contributed by atoms with Crippen LogP contribution in [0.25, 0.3) is 16.9 Å². The normalized spacial score (nSPS) is 17.6. The first-order valence-electron chi connectivity index (χ1n) is 12.2. The topological polar surface area (TPSA) is 89.3 Å². The number of aromatic nitrogens is 3. The SMILES string of the molecule is COc1ccc(-c2ccnc3cc(C(=O)N4C[C@@H](C)N(C(=O)c5ccccc5)[C@@H](C)C4)nn23)cc1OC. The smallest absolute Gasteiger partial charge is 0.274 e. The van der Waals surface area contributed by atoms with E-state index in [1.54, 1.807) is 35.9 Å². The lowest BCUT2D eigenvalue weighted by Crippen LogP contribution is -2.59. The number of benzene rings is 2. The molecule has 2 aromatic heterocycles. The summed E-state index contributed by atoms with van der Waals surface area (Å²) < 4.78 is 12.5. The van der Waals surface area contributed by atoms with Gasteiger partial charge in [0.25, 0.3) is 11.8 Å². The Morgan fingerprint density at radius 2 is 1.57 bits per heavy atom. The van der Waals surface area contributed by atoms with E-state index in [4.69, 9.17) is 9.47 Å². The minimum atomic E-state index is -0.186. The van der Waals surface area contributed by atoms with Gasteiger partial charge in [-0.15, -0.1) is 0 Å². The highest BCUT2D eigenvalue weighted by atomic mass is 16.5. The van der Waals surface area contributed by atoms with Crippen LogP contribution in [0.2, 0.25) is 0 Å². The van der Waals surface area contributed by atoms with Crippen molar-refractivity contribution in [3.63, 3.8) is 0 Å². The molecule has 3 heterocycles. The highest BCUT2D eigenvalue weighted by Gasteiger charge is 2.36. The van der Waals surface area contributed by atoms with Gasteiger partial charge in [0.05, 0.1) is 19.9 Å². The quantitative estimate of drug-likeness (QED) is 0.415. The highest BCUT2D eigenvalue weighted by molar-refractivity contribution is 5.96. The molecule has 2 amide bonds. The first-order valence-corrected chi connectivity index (χ1v) is 12.2. The minimum Gasteiger partial charge on any atom is -0.493 e. The zero-order chi connectivity index (χ0) is 26.1. The average molecular weight is 500 g/mol. The van der Waals surface area contributed by atoms with Crippen molar-refractivity contribution in [2.45, 2.75) is 25.9 Å². The number of piperazine rings is 1. The van der Waals surface area contributed by atoms with Gasteiger partial charge in [0.15, 0.2) is 22.8 Å². The van der Waals surface area contributed by atoms with Gasteiger partial charge in [-0.05, 0) is 50.2 Å². The first-order chi connectivity index (χ1) is 17.9. The molecule has 1 aliphatic heterocycles. The predicted octanol–water partition coefficient (Wildman–Crippen LogP) is 3.79. The first kappa shape index (κ1) is 24.3. The molecule has 1 saturated heterocycles. The Bertz CT molecular complexity index is 1440. The third-order valence-electron chi connectivity index (χ3n) is 6.72. The molecule has 0 unspecified atom stereocenters. The van der Waals surface area contributed by atoms with E-state index in [-0.39, 0.29) is 23.9 Å². The number of methoxy groups -OCH3 is 2. The number of hydrogen-bond acceptors (Lipinski definition) is 6. The van der Waals surface area contributed by atoms with Crippen molar-refractivity contribution < 1.29 is 19.1 Å². The van der Waals surface area contributed by atoms with Gasteiger partial charge in [0, 0.05) is 48.6 Å². The zero-order valence-corrected chi connectivity index (χ0v) is 21.3. The van der Waals surface area contributed by atoms with Crippen LogP contribution in [-0.2, 0) is 0 Å².